The van der Waals surface area contributed by atoms with Crippen LogP contribution >= 0.6 is 0 Å². The van der Waals surface area contributed by atoms with E-state index in [1.807, 2.05) is 60.7 Å². The molecule has 6 heteroatoms. The molecular formula is C32H25FN4O. The highest BCUT2D eigenvalue weighted by atomic mass is 19.1. The predicted molar refractivity (Wildman–Crippen MR) is 150 cm³/mol. The number of carbonyl (C=O) groups excluding carboxylic acids is 1. The molecule has 0 unspecified atom stereocenters. The molecule has 5 nitrogen and oxygen atoms in total. The Morgan fingerprint density at radius 1 is 0.816 bits per heavy atom. The van der Waals surface area contributed by atoms with Crippen LogP contribution in [-0.4, -0.2) is 34.7 Å². The third-order valence-corrected chi connectivity index (χ3v) is 6.65. The molecule has 0 spiro atoms. The molecule has 2 heterocycles. The lowest BCUT2D eigenvalue weighted by Crippen LogP contribution is -2.28. The Morgan fingerprint density at radius 2 is 1.55 bits per heavy atom. The number of aliphatic imine (C=N–C) groups is 1. The smallest absolute Gasteiger partial charge is 0.255 e. The second kappa shape index (κ2) is 10.3. The standard InChI is InChI=1S/C32H25FN4O/c33-27-13-10-23(11-14-27)22-6-8-25(9-7-22)32(38)36-28-16-17-30-26(20-28)12-15-29(35-30)21-37-19-18-34-31(37)24-4-2-1-3-5-24/h1-17,20H,18-19,21H2,(H,36,38). The van der Waals surface area contributed by atoms with Crippen molar-refractivity contribution in [2.45, 2.75) is 6.54 Å². The van der Waals surface area contributed by atoms with Crippen LogP contribution < -0.4 is 5.32 Å². The number of anilines is 1. The van der Waals surface area contributed by atoms with Crippen molar-refractivity contribution in [3.05, 3.63) is 132 Å². The zero-order chi connectivity index (χ0) is 25.9. The predicted octanol–water partition coefficient (Wildman–Crippen LogP) is 6.56. The molecule has 4 aromatic carbocycles. The molecule has 0 bridgehead atoms. The highest BCUT2D eigenvalue weighted by Crippen LogP contribution is 2.23. The number of halogens is 1. The van der Waals surface area contributed by atoms with E-state index in [0.717, 1.165) is 52.2 Å². The number of amidine groups is 1. The summed E-state index contributed by atoms with van der Waals surface area (Å²) in [6.45, 7) is 2.35. The first kappa shape index (κ1) is 23.6. The van der Waals surface area contributed by atoms with Gasteiger partial charge in [-0.25, -0.2) is 4.39 Å². The first-order valence-corrected chi connectivity index (χ1v) is 12.5. The number of hydrogen-bond acceptors (Lipinski definition) is 4. The monoisotopic (exact) mass is 500 g/mol. The summed E-state index contributed by atoms with van der Waals surface area (Å²) in [5.41, 5.74) is 6.04. The number of nitrogens with zero attached hydrogens (tertiary/aromatic N) is 3. The number of carbonyl (C=O) groups is 1. The summed E-state index contributed by atoms with van der Waals surface area (Å²) in [5, 5.41) is 3.93. The van der Waals surface area contributed by atoms with Crippen LogP contribution in [0.2, 0.25) is 0 Å². The lowest BCUT2D eigenvalue weighted by atomic mass is 10.0. The van der Waals surface area contributed by atoms with Crippen molar-refractivity contribution >= 4 is 28.3 Å². The maximum Gasteiger partial charge on any atom is 0.255 e. The molecule has 0 saturated carbocycles. The quantitative estimate of drug-likeness (QED) is 0.287. The van der Waals surface area contributed by atoms with Gasteiger partial charge in [-0.3, -0.25) is 14.8 Å². The number of aromatic nitrogens is 1. The fraction of sp³-hybridized carbons (Fsp3) is 0.0938. The van der Waals surface area contributed by atoms with Gasteiger partial charge in [0.1, 0.15) is 11.7 Å². The van der Waals surface area contributed by atoms with Crippen LogP contribution in [0.3, 0.4) is 0 Å². The van der Waals surface area contributed by atoms with Gasteiger partial charge in [0.15, 0.2) is 0 Å². The van der Waals surface area contributed by atoms with E-state index < -0.39 is 0 Å². The van der Waals surface area contributed by atoms with Crippen molar-refractivity contribution < 1.29 is 9.18 Å². The number of benzene rings is 4. The molecule has 38 heavy (non-hydrogen) atoms. The van der Waals surface area contributed by atoms with Gasteiger partial charge in [0.25, 0.3) is 5.91 Å². The van der Waals surface area contributed by atoms with Gasteiger partial charge in [0.05, 0.1) is 24.3 Å². The lowest BCUT2D eigenvalue weighted by Gasteiger charge is -2.20. The van der Waals surface area contributed by atoms with Gasteiger partial charge < -0.3 is 10.2 Å². The zero-order valence-corrected chi connectivity index (χ0v) is 20.6. The van der Waals surface area contributed by atoms with Crippen molar-refractivity contribution in [1.82, 2.24) is 9.88 Å². The third kappa shape index (κ3) is 5.02. The largest absolute Gasteiger partial charge is 0.349 e. The molecule has 6 rings (SSSR count). The van der Waals surface area contributed by atoms with Gasteiger partial charge in [-0.15, -0.1) is 0 Å². The second-order valence-corrected chi connectivity index (χ2v) is 9.24. The van der Waals surface area contributed by atoms with Gasteiger partial charge >= 0.3 is 0 Å². The fourth-order valence-electron chi connectivity index (χ4n) is 4.69. The molecule has 1 aliphatic heterocycles. The number of amides is 1. The number of rotatable bonds is 6. The van der Waals surface area contributed by atoms with E-state index in [1.165, 1.54) is 12.1 Å². The van der Waals surface area contributed by atoms with E-state index in [-0.39, 0.29) is 11.7 Å². The van der Waals surface area contributed by atoms with Crippen molar-refractivity contribution in [3.63, 3.8) is 0 Å². The highest BCUT2D eigenvalue weighted by molar-refractivity contribution is 6.05. The summed E-state index contributed by atoms with van der Waals surface area (Å²) < 4.78 is 13.2. The summed E-state index contributed by atoms with van der Waals surface area (Å²) in [7, 11) is 0. The molecule has 5 aromatic rings. The number of nitrogens with one attached hydrogen (secondary N) is 1. The molecule has 1 aromatic heterocycles. The van der Waals surface area contributed by atoms with Gasteiger partial charge in [0, 0.05) is 28.7 Å². The molecule has 1 N–H and O–H groups in total. The Hall–Kier alpha value is -4.84. The fourth-order valence-corrected chi connectivity index (χ4v) is 4.69. The molecule has 0 atom stereocenters. The number of hydrogen-bond donors (Lipinski definition) is 1. The van der Waals surface area contributed by atoms with E-state index in [1.54, 1.807) is 24.3 Å². The van der Waals surface area contributed by atoms with Crippen LogP contribution in [0.1, 0.15) is 21.6 Å². The summed E-state index contributed by atoms with van der Waals surface area (Å²) in [4.78, 5) is 24.7. The molecule has 1 amide bonds. The Kier molecular flexibility index (Phi) is 6.36. The second-order valence-electron chi connectivity index (χ2n) is 9.24. The van der Waals surface area contributed by atoms with E-state index in [4.69, 9.17) is 9.98 Å². The summed E-state index contributed by atoms with van der Waals surface area (Å²) >= 11 is 0. The minimum absolute atomic E-state index is 0.193. The molecule has 0 radical (unpaired) electrons. The summed E-state index contributed by atoms with van der Waals surface area (Å²) in [6.07, 6.45) is 0. The Balaban J connectivity index is 1.13. The van der Waals surface area contributed by atoms with Crippen molar-refractivity contribution in [2.24, 2.45) is 4.99 Å². The minimum atomic E-state index is -0.273. The number of pyridine rings is 1. The van der Waals surface area contributed by atoms with Crippen LogP contribution in [-0.2, 0) is 6.54 Å². The maximum absolute atomic E-state index is 13.2. The zero-order valence-electron chi connectivity index (χ0n) is 20.6. The third-order valence-electron chi connectivity index (χ3n) is 6.65. The van der Waals surface area contributed by atoms with E-state index in [2.05, 4.69) is 22.3 Å². The first-order chi connectivity index (χ1) is 18.6. The van der Waals surface area contributed by atoms with Gasteiger partial charge in [-0.05, 0) is 59.7 Å². The van der Waals surface area contributed by atoms with Crippen molar-refractivity contribution in [1.29, 1.82) is 0 Å². The molecule has 186 valence electrons. The first-order valence-electron chi connectivity index (χ1n) is 12.5. The van der Waals surface area contributed by atoms with Gasteiger partial charge in [0.2, 0.25) is 0 Å². The Bertz CT molecular complexity index is 1630. The average Bonchev–Trinajstić information content (AvgIpc) is 3.42. The van der Waals surface area contributed by atoms with E-state index in [0.29, 0.717) is 17.8 Å². The van der Waals surface area contributed by atoms with Crippen molar-refractivity contribution in [3.8, 4) is 11.1 Å². The maximum atomic E-state index is 13.2. The van der Waals surface area contributed by atoms with Crippen LogP contribution in [0.4, 0.5) is 10.1 Å². The van der Waals surface area contributed by atoms with E-state index in [9.17, 15) is 9.18 Å². The minimum Gasteiger partial charge on any atom is -0.349 e. The SMILES string of the molecule is O=C(Nc1ccc2nc(CN3CCN=C3c3ccccc3)ccc2c1)c1ccc(-c2ccc(F)cc2)cc1. The van der Waals surface area contributed by atoms with Crippen LogP contribution in [0, 0.1) is 5.82 Å². The van der Waals surface area contributed by atoms with Gasteiger partial charge in [-0.2, -0.15) is 0 Å². The Labute approximate surface area is 220 Å². The highest BCUT2D eigenvalue weighted by Gasteiger charge is 2.19. The molecule has 0 aliphatic carbocycles. The van der Waals surface area contributed by atoms with Crippen LogP contribution in [0.5, 0.6) is 0 Å². The normalized spacial score (nSPS) is 13.0. The van der Waals surface area contributed by atoms with Crippen LogP contribution in [0.15, 0.2) is 114 Å². The topological polar surface area (TPSA) is 57.6 Å². The molecule has 0 saturated heterocycles. The Morgan fingerprint density at radius 3 is 2.32 bits per heavy atom. The lowest BCUT2D eigenvalue weighted by molar-refractivity contribution is 0.102. The summed E-state index contributed by atoms with van der Waals surface area (Å²) in [6, 6.07) is 33.6. The molecular weight excluding hydrogens is 475 g/mol. The average molecular weight is 501 g/mol. The molecule has 1 aliphatic rings. The number of fused-ring (bicyclic) bond motifs is 1. The van der Waals surface area contributed by atoms with Crippen LogP contribution in [0.25, 0.3) is 22.0 Å². The van der Waals surface area contributed by atoms with Crippen molar-refractivity contribution in [2.75, 3.05) is 18.4 Å². The van der Waals surface area contributed by atoms with Gasteiger partial charge in [-0.1, -0.05) is 60.7 Å². The summed E-state index contributed by atoms with van der Waals surface area (Å²) in [5.74, 6) is 0.544. The van der Waals surface area contributed by atoms with E-state index >= 15 is 0 Å². The molecule has 0 fully saturated rings.